The number of nitrogens with two attached hydrogens (primary N) is 1. The topological polar surface area (TPSA) is 67.5 Å². The average Bonchev–Trinajstić information content (AvgIpc) is 2.49. The molecule has 21 heavy (non-hydrogen) atoms. The van der Waals surface area contributed by atoms with Crippen molar-refractivity contribution in [3.05, 3.63) is 12.3 Å². The molecule has 1 atom stereocenters. The van der Waals surface area contributed by atoms with E-state index in [2.05, 4.69) is 26.7 Å². The summed E-state index contributed by atoms with van der Waals surface area (Å²) in [6, 6.07) is 2.30. The van der Waals surface area contributed by atoms with Crippen LogP contribution in [0.5, 0.6) is 5.88 Å². The smallest absolute Gasteiger partial charge is 0.228 e. The molecule has 1 aromatic heterocycles. The molecule has 1 unspecified atom stereocenters. The van der Waals surface area contributed by atoms with Crippen LogP contribution in [0, 0.1) is 0 Å². The molecule has 1 fully saturated rings. The van der Waals surface area contributed by atoms with Gasteiger partial charge in [-0.2, -0.15) is 4.98 Å². The summed E-state index contributed by atoms with van der Waals surface area (Å²) >= 11 is 0. The Morgan fingerprint density at radius 3 is 2.57 bits per heavy atom. The molecule has 0 amide bonds. The van der Waals surface area contributed by atoms with Gasteiger partial charge in [-0.25, -0.2) is 4.98 Å². The summed E-state index contributed by atoms with van der Waals surface area (Å²) in [5, 5.41) is 0. The van der Waals surface area contributed by atoms with Crippen LogP contribution in [0.2, 0.25) is 0 Å². The second kappa shape index (κ2) is 7.56. The van der Waals surface area contributed by atoms with Crippen LogP contribution in [0.1, 0.15) is 27.2 Å². The van der Waals surface area contributed by atoms with E-state index in [0.717, 1.165) is 45.1 Å². The number of piperazine rings is 1. The predicted molar refractivity (Wildman–Crippen MR) is 84.7 cm³/mol. The van der Waals surface area contributed by atoms with E-state index < -0.39 is 0 Å². The fourth-order valence-electron chi connectivity index (χ4n) is 2.65. The highest BCUT2D eigenvalue weighted by molar-refractivity contribution is 5.32. The lowest BCUT2D eigenvalue weighted by atomic mass is 10.1. The molecule has 0 aliphatic carbocycles. The summed E-state index contributed by atoms with van der Waals surface area (Å²) in [6.45, 7) is 10.8. The zero-order valence-electron chi connectivity index (χ0n) is 13.3. The zero-order chi connectivity index (χ0) is 15.2. The first-order valence-electron chi connectivity index (χ1n) is 7.82. The molecule has 1 aromatic rings. The Balaban J connectivity index is 1.95. The minimum Gasteiger partial charge on any atom is -0.475 e. The highest BCUT2D eigenvalue weighted by Gasteiger charge is 2.23. The van der Waals surface area contributed by atoms with E-state index in [1.165, 1.54) is 0 Å². The van der Waals surface area contributed by atoms with E-state index in [0.29, 0.717) is 11.9 Å². The number of anilines is 1. The van der Waals surface area contributed by atoms with Crippen LogP contribution in [0.4, 0.5) is 5.95 Å². The maximum Gasteiger partial charge on any atom is 0.228 e. The molecule has 0 aromatic carbocycles. The zero-order valence-corrected chi connectivity index (χ0v) is 13.3. The Bertz CT molecular complexity index is 428. The van der Waals surface area contributed by atoms with Gasteiger partial charge in [-0.15, -0.1) is 0 Å². The minimum absolute atomic E-state index is 0.125. The highest BCUT2D eigenvalue weighted by atomic mass is 16.5. The van der Waals surface area contributed by atoms with Crippen LogP contribution >= 0.6 is 0 Å². The molecule has 2 heterocycles. The molecule has 6 nitrogen and oxygen atoms in total. The van der Waals surface area contributed by atoms with Crippen molar-refractivity contribution < 1.29 is 4.74 Å². The van der Waals surface area contributed by atoms with Crippen molar-refractivity contribution in [2.24, 2.45) is 5.73 Å². The summed E-state index contributed by atoms with van der Waals surface area (Å²) in [6.07, 6.45) is 2.99. The maximum absolute atomic E-state index is 5.83. The fourth-order valence-corrected chi connectivity index (χ4v) is 2.65. The lowest BCUT2D eigenvalue weighted by molar-refractivity contribution is 0.183. The Hall–Kier alpha value is -1.40. The van der Waals surface area contributed by atoms with Crippen molar-refractivity contribution in [2.45, 2.75) is 39.3 Å². The normalized spacial score (nSPS) is 18.0. The van der Waals surface area contributed by atoms with Crippen LogP contribution in [0.15, 0.2) is 12.3 Å². The molecule has 1 aliphatic heterocycles. The molecule has 2 rings (SSSR count). The van der Waals surface area contributed by atoms with E-state index in [4.69, 9.17) is 10.5 Å². The first-order valence-corrected chi connectivity index (χ1v) is 7.82. The Morgan fingerprint density at radius 1 is 1.29 bits per heavy atom. The van der Waals surface area contributed by atoms with Gasteiger partial charge in [-0.1, -0.05) is 6.92 Å². The van der Waals surface area contributed by atoms with Gasteiger partial charge in [0.15, 0.2) is 0 Å². The average molecular weight is 293 g/mol. The molecule has 2 N–H and O–H groups in total. The van der Waals surface area contributed by atoms with Gasteiger partial charge in [0.1, 0.15) is 0 Å². The van der Waals surface area contributed by atoms with Gasteiger partial charge in [0, 0.05) is 51.0 Å². The van der Waals surface area contributed by atoms with Crippen molar-refractivity contribution in [1.82, 2.24) is 14.9 Å². The quantitative estimate of drug-likeness (QED) is 0.848. The van der Waals surface area contributed by atoms with Crippen molar-refractivity contribution >= 4 is 5.95 Å². The SMILES string of the molecule is CCC(CN)N1CCN(c2nccc(OC(C)C)n2)CC1. The lowest BCUT2D eigenvalue weighted by Crippen LogP contribution is -2.52. The molecule has 6 heteroatoms. The van der Waals surface area contributed by atoms with Crippen molar-refractivity contribution in [3.8, 4) is 5.88 Å². The third kappa shape index (κ3) is 4.28. The van der Waals surface area contributed by atoms with Crippen LogP contribution in [-0.2, 0) is 0 Å². The van der Waals surface area contributed by atoms with E-state index >= 15 is 0 Å². The van der Waals surface area contributed by atoms with Gasteiger partial charge in [0.2, 0.25) is 11.8 Å². The fraction of sp³-hybridized carbons (Fsp3) is 0.733. The third-order valence-electron chi connectivity index (χ3n) is 3.83. The number of hydrogen-bond donors (Lipinski definition) is 1. The first kappa shape index (κ1) is 16.0. The van der Waals surface area contributed by atoms with Gasteiger partial charge in [0.25, 0.3) is 0 Å². The standard InChI is InChI=1S/C15H27N5O/c1-4-13(11-16)19-7-9-20(10-8-19)15-17-6-5-14(18-15)21-12(2)3/h5-6,12-13H,4,7-11,16H2,1-3H3. The summed E-state index contributed by atoms with van der Waals surface area (Å²) in [5.74, 6) is 1.40. The summed E-state index contributed by atoms with van der Waals surface area (Å²) in [4.78, 5) is 13.5. The van der Waals surface area contributed by atoms with Gasteiger partial charge in [-0.3, -0.25) is 4.90 Å². The molecule has 0 radical (unpaired) electrons. The van der Waals surface area contributed by atoms with E-state index in [-0.39, 0.29) is 6.10 Å². The third-order valence-corrected chi connectivity index (χ3v) is 3.83. The van der Waals surface area contributed by atoms with Crippen LogP contribution in [0.25, 0.3) is 0 Å². The predicted octanol–water partition coefficient (Wildman–Crippen LogP) is 1.12. The van der Waals surface area contributed by atoms with Crippen molar-refractivity contribution in [3.63, 3.8) is 0 Å². The Kier molecular flexibility index (Phi) is 5.76. The number of aromatic nitrogens is 2. The molecular formula is C15H27N5O. The molecule has 0 bridgehead atoms. The van der Waals surface area contributed by atoms with Crippen molar-refractivity contribution in [2.75, 3.05) is 37.6 Å². The van der Waals surface area contributed by atoms with E-state index in [1.54, 1.807) is 12.3 Å². The number of rotatable bonds is 6. The molecule has 1 saturated heterocycles. The monoisotopic (exact) mass is 293 g/mol. The summed E-state index contributed by atoms with van der Waals surface area (Å²) in [5.41, 5.74) is 5.83. The highest BCUT2D eigenvalue weighted by Crippen LogP contribution is 2.17. The minimum atomic E-state index is 0.125. The molecular weight excluding hydrogens is 266 g/mol. The van der Waals surface area contributed by atoms with Crippen LogP contribution in [0.3, 0.4) is 0 Å². The van der Waals surface area contributed by atoms with Gasteiger partial charge in [0.05, 0.1) is 6.10 Å². The van der Waals surface area contributed by atoms with Gasteiger partial charge < -0.3 is 15.4 Å². The maximum atomic E-state index is 5.83. The molecule has 0 saturated carbocycles. The van der Waals surface area contributed by atoms with Gasteiger partial charge in [-0.05, 0) is 20.3 Å². The van der Waals surface area contributed by atoms with Crippen LogP contribution < -0.4 is 15.4 Å². The lowest BCUT2D eigenvalue weighted by Gasteiger charge is -2.38. The molecule has 118 valence electrons. The molecule has 0 spiro atoms. The Morgan fingerprint density at radius 2 is 2.00 bits per heavy atom. The van der Waals surface area contributed by atoms with Gasteiger partial charge >= 0.3 is 0 Å². The summed E-state index contributed by atoms with van der Waals surface area (Å²) in [7, 11) is 0. The van der Waals surface area contributed by atoms with E-state index in [9.17, 15) is 0 Å². The number of nitrogens with zero attached hydrogens (tertiary/aromatic N) is 4. The van der Waals surface area contributed by atoms with Crippen LogP contribution in [-0.4, -0.2) is 59.7 Å². The summed E-state index contributed by atoms with van der Waals surface area (Å²) < 4.78 is 5.64. The van der Waals surface area contributed by atoms with Crippen molar-refractivity contribution in [1.29, 1.82) is 0 Å². The number of ether oxygens (including phenoxy) is 1. The Labute approximate surface area is 127 Å². The van der Waals surface area contributed by atoms with E-state index in [1.807, 2.05) is 13.8 Å². The second-order valence-electron chi connectivity index (χ2n) is 5.68. The number of hydrogen-bond acceptors (Lipinski definition) is 6. The second-order valence-corrected chi connectivity index (χ2v) is 5.68. The largest absolute Gasteiger partial charge is 0.475 e. The molecule has 1 aliphatic rings. The first-order chi connectivity index (χ1) is 10.1.